The molecule has 0 amide bonds. The molecular formula is C39H50F6O8. The fraction of sp³-hybridized carbons (Fsp3) is 0.564. The van der Waals surface area contributed by atoms with Crippen molar-refractivity contribution in [2.24, 2.45) is 0 Å². The minimum absolute atomic E-state index is 0.0168. The van der Waals surface area contributed by atoms with Gasteiger partial charge in [0.15, 0.2) is 11.9 Å². The van der Waals surface area contributed by atoms with Gasteiger partial charge in [0.1, 0.15) is 6.61 Å². The number of methoxy groups -OCH3 is 2. The molecule has 0 aliphatic carbocycles. The van der Waals surface area contributed by atoms with Crippen LogP contribution >= 0.6 is 0 Å². The molecule has 53 heavy (non-hydrogen) atoms. The number of carbonyl (C=O) groups is 3. The molecule has 0 saturated carbocycles. The van der Waals surface area contributed by atoms with Crippen molar-refractivity contribution in [3.05, 3.63) is 83.9 Å². The fourth-order valence-corrected chi connectivity index (χ4v) is 5.64. The molecule has 0 fully saturated rings. The van der Waals surface area contributed by atoms with Crippen LogP contribution in [-0.2, 0) is 49.3 Å². The maximum atomic E-state index is 14.5. The summed E-state index contributed by atoms with van der Waals surface area (Å²) in [6.07, 6.45) is 0.699. The van der Waals surface area contributed by atoms with E-state index in [2.05, 4.69) is 6.92 Å². The van der Waals surface area contributed by atoms with Crippen molar-refractivity contribution in [3.8, 4) is 0 Å². The lowest BCUT2D eigenvalue weighted by Gasteiger charge is -2.34. The number of carbonyl (C=O) groups excluding carboxylic acids is 3. The summed E-state index contributed by atoms with van der Waals surface area (Å²) in [5.74, 6) is -3.92. The van der Waals surface area contributed by atoms with Gasteiger partial charge >= 0.3 is 24.3 Å². The molecule has 0 aliphatic rings. The summed E-state index contributed by atoms with van der Waals surface area (Å²) in [6.45, 7) is 0.334. The Bertz CT molecular complexity index is 1400. The molecular weight excluding hydrogens is 710 g/mol. The lowest BCUT2D eigenvalue weighted by Crippen LogP contribution is -2.54. The number of benzene rings is 2. The van der Waals surface area contributed by atoms with Crippen LogP contribution in [0.1, 0.15) is 88.7 Å². The van der Waals surface area contributed by atoms with E-state index < -0.39 is 65.9 Å². The molecule has 2 aromatic carbocycles. The highest BCUT2D eigenvalue weighted by Gasteiger charge is 2.65. The van der Waals surface area contributed by atoms with Crippen LogP contribution in [0.15, 0.2) is 72.8 Å². The predicted molar refractivity (Wildman–Crippen MR) is 185 cm³/mol. The molecule has 2 rings (SSSR count). The molecule has 0 aliphatic heterocycles. The standard InChI is InChI=1S/C39H50F6O8/c1-4-5-6-7-8-9-10-18-25-32(46)26-19-13-20-27-51-28-33(53-35(48)37(50-3,39(43,44)45)31-23-16-12-17-24-31)29-52-34(47)36(49-2,38(40,41)42)30-21-14-11-15-22-30/h11-12,14-17,19,21-24,26,33H,4-10,13,18,20,25,27-29H2,1-3H3/b26-19+/t33-,36+,37+/m1/s1. The average Bonchev–Trinajstić information content (AvgIpc) is 3.12. The number of hydrogen-bond donors (Lipinski definition) is 0. The summed E-state index contributed by atoms with van der Waals surface area (Å²) in [7, 11) is 1.30. The van der Waals surface area contributed by atoms with Gasteiger partial charge in [-0.2, -0.15) is 26.3 Å². The fourth-order valence-electron chi connectivity index (χ4n) is 5.64. The van der Waals surface area contributed by atoms with Gasteiger partial charge in [-0.1, -0.05) is 119 Å². The Hall–Kier alpha value is -3.75. The normalized spacial score (nSPS) is 15.0. The first-order valence-corrected chi connectivity index (χ1v) is 17.7. The van der Waals surface area contributed by atoms with Crippen LogP contribution in [0.3, 0.4) is 0 Å². The van der Waals surface area contributed by atoms with E-state index in [9.17, 15) is 40.7 Å². The third kappa shape index (κ3) is 13.0. The zero-order valence-electron chi connectivity index (χ0n) is 30.4. The molecule has 14 heteroatoms. The van der Waals surface area contributed by atoms with E-state index in [1.54, 1.807) is 6.08 Å². The molecule has 3 atom stereocenters. The monoisotopic (exact) mass is 760 g/mol. The minimum atomic E-state index is -5.35. The highest BCUT2D eigenvalue weighted by molar-refractivity contribution is 5.89. The Morgan fingerprint density at radius 3 is 1.64 bits per heavy atom. The zero-order valence-corrected chi connectivity index (χ0v) is 30.4. The van der Waals surface area contributed by atoms with Gasteiger partial charge in [-0.3, -0.25) is 4.79 Å². The third-order valence-corrected chi connectivity index (χ3v) is 8.56. The van der Waals surface area contributed by atoms with Crippen LogP contribution in [0.2, 0.25) is 0 Å². The Kier molecular flexibility index (Phi) is 19.2. The number of halogens is 6. The number of rotatable bonds is 25. The quantitative estimate of drug-likeness (QED) is 0.0428. The number of ketones is 1. The van der Waals surface area contributed by atoms with Gasteiger partial charge in [-0.05, 0) is 25.3 Å². The first kappa shape index (κ1) is 45.4. The second-order valence-corrected chi connectivity index (χ2v) is 12.4. The number of esters is 2. The van der Waals surface area contributed by atoms with Crippen molar-refractivity contribution in [3.63, 3.8) is 0 Å². The molecule has 0 spiro atoms. The summed E-state index contributed by atoms with van der Waals surface area (Å²) >= 11 is 0. The van der Waals surface area contributed by atoms with Gasteiger partial charge in [-0.25, -0.2) is 9.59 Å². The molecule has 0 unspecified atom stereocenters. The Balaban J connectivity index is 2.12. The van der Waals surface area contributed by atoms with E-state index in [0.29, 0.717) is 33.5 Å². The lowest BCUT2D eigenvalue weighted by atomic mass is 9.92. The van der Waals surface area contributed by atoms with E-state index in [4.69, 9.17) is 23.7 Å². The molecule has 2 aromatic rings. The number of alkyl halides is 6. The molecule has 8 nitrogen and oxygen atoms in total. The molecule has 0 heterocycles. The smallest absolute Gasteiger partial charge is 0.432 e. The highest BCUT2D eigenvalue weighted by Crippen LogP contribution is 2.44. The molecule has 0 radical (unpaired) electrons. The Morgan fingerprint density at radius 2 is 1.15 bits per heavy atom. The van der Waals surface area contributed by atoms with Crippen LogP contribution < -0.4 is 0 Å². The van der Waals surface area contributed by atoms with Crippen molar-refractivity contribution in [1.82, 2.24) is 0 Å². The number of hydrogen-bond acceptors (Lipinski definition) is 8. The maximum Gasteiger partial charge on any atom is 0.432 e. The summed E-state index contributed by atoms with van der Waals surface area (Å²) in [5, 5.41) is 0. The highest BCUT2D eigenvalue weighted by atomic mass is 19.4. The van der Waals surface area contributed by atoms with Crippen molar-refractivity contribution in [2.75, 3.05) is 34.0 Å². The van der Waals surface area contributed by atoms with Crippen LogP contribution in [0, 0.1) is 0 Å². The summed E-state index contributed by atoms with van der Waals surface area (Å²) in [4.78, 5) is 38.6. The van der Waals surface area contributed by atoms with Crippen molar-refractivity contribution >= 4 is 17.7 Å². The summed E-state index contributed by atoms with van der Waals surface area (Å²) in [6, 6.07) is 11.8. The molecule has 0 aromatic heterocycles. The van der Waals surface area contributed by atoms with E-state index >= 15 is 0 Å². The SMILES string of the molecule is CCCCCCCCCCC(=O)/C=C/CCCOC[C@H](COC(=O)[C@@](OC)(c1ccccc1)C(F)(F)F)OC(=O)[C@@](OC)(c1ccccc1)C(F)(F)F. The first-order chi connectivity index (χ1) is 25.2. The number of allylic oxidation sites excluding steroid dienone is 2. The summed E-state index contributed by atoms with van der Waals surface area (Å²) in [5.41, 5.74) is -8.48. The molecule has 296 valence electrons. The summed E-state index contributed by atoms with van der Waals surface area (Å²) < 4.78 is 112. The third-order valence-electron chi connectivity index (χ3n) is 8.56. The van der Waals surface area contributed by atoms with Gasteiger partial charge in [-0.15, -0.1) is 0 Å². The maximum absolute atomic E-state index is 14.5. The van der Waals surface area contributed by atoms with E-state index in [-0.39, 0.29) is 12.4 Å². The Labute approximate surface area is 307 Å². The zero-order chi connectivity index (χ0) is 39.4. The molecule has 0 N–H and O–H groups in total. The van der Waals surface area contributed by atoms with Crippen molar-refractivity contribution in [2.45, 2.75) is 107 Å². The van der Waals surface area contributed by atoms with Gasteiger partial charge in [0, 0.05) is 38.4 Å². The van der Waals surface area contributed by atoms with E-state index in [1.165, 1.54) is 68.2 Å². The topological polar surface area (TPSA) is 97.4 Å². The van der Waals surface area contributed by atoms with Crippen LogP contribution in [0.5, 0.6) is 0 Å². The second-order valence-electron chi connectivity index (χ2n) is 12.4. The van der Waals surface area contributed by atoms with Crippen LogP contribution in [0.25, 0.3) is 0 Å². The van der Waals surface area contributed by atoms with Crippen LogP contribution in [0.4, 0.5) is 26.3 Å². The number of ether oxygens (including phenoxy) is 5. The predicted octanol–water partition coefficient (Wildman–Crippen LogP) is 9.10. The minimum Gasteiger partial charge on any atom is -0.459 e. The molecule has 0 bridgehead atoms. The average molecular weight is 761 g/mol. The first-order valence-electron chi connectivity index (χ1n) is 17.7. The van der Waals surface area contributed by atoms with Gasteiger partial charge in [0.05, 0.1) is 6.61 Å². The van der Waals surface area contributed by atoms with Gasteiger partial charge in [0.25, 0.3) is 11.2 Å². The van der Waals surface area contributed by atoms with E-state index in [1.807, 2.05) is 0 Å². The largest absolute Gasteiger partial charge is 0.459 e. The van der Waals surface area contributed by atoms with Gasteiger partial charge < -0.3 is 23.7 Å². The van der Waals surface area contributed by atoms with E-state index in [0.717, 1.165) is 49.9 Å². The second kappa shape index (κ2) is 22.5. The lowest BCUT2D eigenvalue weighted by molar-refractivity contribution is -0.283. The van der Waals surface area contributed by atoms with Crippen molar-refractivity contribution < 1.29 is 64.4 Å². The van der Waals surface area contributed by atoms with Crippen LogP contribution in [-0.4, -0.2) is 70.2 Å². The van der Waals surface area contributed by atoms with Crippen molar-refractivity contribution in [1.29, 1.82) is 0 Å². The number of unbranched alkanes of at least 4 members (excludes halogenated alkanes) is 8. The van der Waals surface area contributed by atoms with Gasteiger partial charge in [0.2, 0.25) is 0 Å². The molecule has 0 saturated heterocycles. The Morgan fingerprint density at radius 1 is 0.660 bits per heavy atom.